The fourth-order valence-electron chi connectivity index (χ4n) is 3.15. The Kier molecular flexibility index (Phi) is 5.85. The van der Waals surface area contributed by atoms with E-state index in [4.69, 9.17) is 0 Å². The summed E-state index contributed by atoms with van der Waals surface area (Å²) in [4.78, 5) is 13.4. The van der Waals surface area contributed by atoms with Gasteiger partial charge in [0.1, 0.15) is 5.75 Å². The van der Waals surface area contributed by atoms with Crippen molar-refractivity contribution in [2.75, 3.05) is 11.4 Å². The molecule has 0 saturated carbocycles. The number of alkyl halides is 3. The van der Waals surface area contributed by atoms with Crippen LogP contribution in [0.1, 0.15) is 24.0 Å². The molecule has 0 spiro atoms. The highest BCUT2D eigenvalue weighted by Gasteiger charge is 2.32. The van der Waals surface area contributed by atoms with Crippen LogP contribution in [-0.2, 0) is 21.4 Å². The lowest BCUT2D eigenvalue weighted by molar-refractivity contribution is -0.274. The summed E-state index contributed by atoms with van der Waals surface area (Å²) in [6.45, 7) is 1.80. The molecule has 2 aromatic carbocycles. The number of hydrogen-bond acceptors (Lipinski definition) is 4. The van der Waals surface area contributed by atoms with E-state index in [0.29, 0.717) is 24.2 Å². The lowest BCUT2D eigenvalue weighted by atomic mass is 10.2. The van der Waals surface area contributed by atoms with E-state index in [1.54, 1.807) is 24.0 Å². The SMILES string of the molecule is Cc1cc(N2CCCC2=O)ccc1S(=O)(=O)NCc1ccccc1OC(F)(F)F. The van der Waals surface area contributed by atoms with E-state index >= 15 is 0 Å². The molecule has 2 aromatic rings. The first-order valence-electron chi connectivity index (χ1n) is 8.81. The van der Waals surface area contributed by atoms with Gasteiger partial charge in [0.2, 0.25) is 15.9 Å². The maximum absolute atomic E-state index is 12.7. The van der Waals surface area contributed by atoms with Gasteiger partial charge >= 0.3 is 6.36 Å². The van der Waals surface area contributed by atoms with Gasteiger partial charge in [-0.3, -0.25) is 4.79 Å². The zero-order chi connectivity index (χ0) is 21.2. The van der Waals surface area contributed by atoms with Crippen molar-refractivity contribution >= 4 is 21.6 Å². The van der Waals surface area contributed by atoms with Crippen molar-refractivity contribution in [1.82, 2.24) is 4.72 Å². The number of nitrogens with one attached hydrogen (secondary N) is 1. The molecular formula is C19H19F3N2O4S. The highest BCUT2D eigenvalue weighted by Crippen LogP contribution is 2.28. The summed E-state index contributed by atoms with van der Waals surface area (Å²) in [7, 11) is -3.99. The molecule has 1 aliphatic rings. The van der Waals surface area contributed by atoms with E-state index in [-0.39, 0.29) is 22.9 Å². The lowest BCUT2D eigenvalue weighted by Crippen LogP contribution is -2.26. The Morgan fingerprint density at radius 2 is 1.90 bits per heavy atom. The molecule has 3 rings (SSSR count). The summed E-state index contributed by atoms with van der Waals surface area (Å²) in [6.07, 6.45) is -3.67. The van der Waals surface area contributed by atoms with Crippen molar-refractivity contribution in [3.8, 4) is 5.75 Å². The highest BCUT2D eigenvalue weighted by atomic mass is 32.2. The Labute approximate surface area is 166 Å². The number of ether oxygens (including phenoxy) is 1. The molecule has 0 bridgehead atoms. The van der Waals surface area contributed by atoms with Gasteiger partial charge in [-0.05, 0) is 43.2 Å². The maximum Gasteiger partial charge on any atom is 0.573 e. The summed E-state index contributed by atoms with van der Waals surface area (Å²) >= 11 is 0. The first-order chi connectivity index (χ1) is 13.6. The number of halogens is 3. The number of para-hydroxylation sites is 1. The molecule has 6 nitrogen and oxygen atoms in total. The number of carbonyl (C=O) groups excluding carboxylic acids is 1. The molecule has 1 fully saturated rings. The fraction of sp³-hybridized carbons (Fsp3) is 0.316. The van der Waals surface area contributed by atoms with Gasteiger partial charge in [-0.25, -0.2) is 13.1 Å². The number of amides is 1. The predicted octanol–water partition coefficient (Wildman–Crippen LogP) is 3.50. The van der Waals surface area contributed by atoms with E-state index in [1.807, 2.05) is 0 Å². The van der Waals surface area contributed by atoms with Crippen molar-refractivity contribution in [3.63, 3.8) is 0 Å². The molecule has 10 heteroatoms. The summed E-state index contributed by atoms with van der Waals surface area (Å²) in [6, 6.07) is 9.85. The minimum atomic E-state index is -4.88. The topological polar surface area (TPSA) is 75.7 Å². The smallest absolute Gasteiger partial charge is 0.405 e. The van der Waals surface area contributed by atoms with Gasteiger partial charge in [0.15, 0.2) is 0 Å². The molecule has 0 unspecified atom stereocenters. The summed E-state index contributed by atoms with van der Waals surface area (Å²) in [5.74, 6) is -0.485. The van der Waals surface area contributed by atoms with Gasteiger partial charge in [0.25, 0.3) is 0 Å². The van der Waals surface area contributed by atoms with E-state index in [0.717, 1.165) is 12.5 Å². The van der Waals surface area contributed by atoms with Crippen LogP contribution in [0.5, 0.6) is 5.75 Å². The minimum absolute atomic E-state index is 0.0119. The molecule has 0 aliphatic carbocycles. The number of hydrogen-bond donors (Lipinski definition) is 1. The molecule has 0 atom stereocenters. The van der Waals surface area contributed by atoms with Gasteiger partial charge in [-0.1, -0.05) is 18.2 Å². The van der Waals surface area contributed by atoms with Crippen LogP contribution in [-0.4, -0.2) is 27.2 Å². The van der Waals surface area contributed by atoms with Crippen molar-refractivity contribution in [2.45, 2.75) is 37.6 Å². The molecule has 1 N–H and O–H groups in total. The molecule has 1 heterocycles. The minimum Gasteiger partial charge on any atom is -0.405 e. The first kappa shape index (κ1) is 21.1. The van der Waals surface area contributed by atoms with E-state index in [2.05, 4.69) is 9.46 Å². The van der Waals surface area contributed by atoms with Gasteiger partial charge in [0, 0.05) is 30.8 Å². The van der Waals surface area contributed by atoms with Crippen LogP contribution < -0.4 is 14.4 Å². The third-order valence-electron chi connectivity index (χ3n) is 4.48. The maximum atomic E-state index is 12.7. The molecular weight excluding hydrogens is 409 g/mol. The van der Waals surface area contributed by atoms with Crippen molar-refractivity contribution < 1.29 is 31.1 Å². The Hall–Kier alpha value is -2.59. The molecule has 1 aliphatic heterocycles. The third kappa shape index (κ3) is 5.07. The molecule has 156 valence electrons. The van der Waals surface area contributed by atoms with Gasteiger partial charge in [-0.15, -0.1) is 13.2 Å². The quantitative estimate of drug-likeness (QED) is 0.764. The number of benzene rings is 2. The summed E-state index contributed by atoms with van der Waals surface area (Å²) < 4.78 is 69.1. The molecule has 29 heavy (non-hydrogen) atoms. The van der Waals surface area contributed by atoms with Crippen molar-refractivity contribution in [3.05, 3.63) is 53.6 Å². The largest absolute Gasteiger partial charge is 0.573 e. The molecule has 1 saturated heterocycles. The average molecular weight is 428 g/mol. The van der Waals surface area contributed by atoms with Crippen LogP contribution in [0.4, 0.5) is 18.9 Å². The predicted molar refractivity (Wildman–Crippen MR) is 99.9 cm³/mol. The van der Waals surface area contributed by atoms with Gasteiger partial charge in [0.05, 0.1) is 4.90 Å². The van der Waals surface area contributed by atoms with Crippen LogP contribution >= 0.6 is 0 Å². The van der Waals surface area contributed by atoms with Crippen molar-refractivity contribution in [2.24, 2.45) is 0 Å². The Morgan fingerprint density at radius 1 is 1.17 bits per heavy atom. The zero-order valence-corrected chi connectivity index (χ0v) is 16.3. The monoisotopic (exact) mass is 428 g/mol. The summed E-state index contributed by atoms with van der Waals surface area (Å²) in [5.41, 5.74) is 1.09. The van der Waals surface area contributed by atoms with Gasteiger partial charge in [-0.2, -0.15) is 0 Å². The number of rotatable bonds is 6. The molecule has 1 amide bonds. The lowest BCUT2D eigenvalue weighted by Gasteiger charge is -2.18. The fourth-order valence-corrected chi connectivity index (χ4v) is 4.38. The first-order valence-corrected chi connectivity index (χ1v) is 10.3. The number of carbonyl (C=O) groups is 1. The highest BCUT2D eigenvalue weighted by molar-refractivity contribution is 7.89. The van der Waals surface area contributed by atoms with Crippen LogP contribution in [0.2, 0.25) is 0 Å². The zero-order valence-electron chi connectivity index (χ0n) is 15.5. The number of aryl methyl sites for hydroxylation is 1. The van der Waals surface area contributed by atoms with Gasteiger partial charge < -0.3 is 9.64 Å². The van der Waals surface area contributed by atoms with Crippen LogP contribution in [0.3, 0.4) is 0 Å². The summed E-state index contributed by atoms with van der Waals surface area (Å²) in [5, 5.41) is 0. The second kappa shape index (κ2) is 8.03. The van der Waals surface area contributed by atoms with Crippen LogP contribution in [0.15, 0.2) is 47.4 Å². The Bertz CT molecular complexity index is 1020. The van der Waals surface area contributed by atoms with Crippen molar-refractivity contribution in [1.29, 1.82) is 0 Å². The number of anilines is 1. The van der Waals surface area contributed by atoms with Crippen LogP contribution in [0.25, 0.3) is 0 Å². The van der Waals surface area contributed by atoms with E-state index in [9.17, 15) is 26.4 Å². The molecule has 0 aromatic heterocycles. The normalized spacial score (nSPS) is 15.0. The average Bonchev–Trinajstić information content (AvgIpc) is 3.05. The van der Waals surface area contributed by atoms with E-state index in [1.165, 1.54) is 24.3 Å². The standard InChI is InChI=1S/C19H19F3N2O4S/c1-13-11-15(24-10-4-7-18(24)25)8-9-17(13)29(26,27)23-12-14-5-2-3-6-16(14)28-19(20,21)22/h2-3,5-6,8-9,11,23H,4,7,10,12H2,1H3. The third-order valence-corrected chi connectivity index (χ3v) is 6.05. The van der Waals surface area contributed by atoms with E-state index < -0.39 is 22.1 Å². The number of nitrogens with zero attached hydrogens (tertiary/aromatic N) is 1. The Balaban J connectivity index is 1.78. The molecule has 0 radical (unpaired) electrons. The second-order valence-electron chi connectivity index (χ2n) is 6.58. The Morgan fingerprint density at radius 3 is 2.52 bits per heavy atom. The van der Waals surface area contributed by atoms with Crippen LogP contribution in [0, 0.1) is 6.92 Å². The second-order valence-corrected chi connectivity index (χ2v) is 8.31. The number of sulfonamides is 1.